The van der Waals surface area contributed by atoms with Gasteiger partial charge in [-0.05, 0) is 31.6 Å². The van der Waals surface area contributed by atoms with Crippen LogP contribution in [0.15, 0.2) is 0 Å². The lowest BCUT2D eigenvalue weighted by atomic mass is 10.0. The Labute approximate surface area is 110 Å². The Bertz CT molecular complexity index is 257. The number of hydrogen-bond acceptors (Lipinski definition) is 3. The second kappa shape index (κ2) is 7.10. The third kappa shape index (κ3) is 3.95. The first-order valence-corrected chi connectivity index (χ1v) is 7.39. The lowest BCUT2D eigenvalue weighted by molar-refractivity contribution is -0.134. The summed E-state index contributed by atoms with van der Waals surface area (Å²) < 4.78 is 5.63. The zero-order chi connectivity index (χ0) is 12.8. The highest BCUT2D eigenvalue weighted by molar-refractivity contribution is 5.76. The molecule has 0 bridgehead atoms. The molecule has 18 heavy (non-hydrogen) atoms. The molecule has 1 aliphatic carbocycles. The molecule has 2 fully saturated rings. The average Bonchev–Trinajstić information content (AvgIpc) is 2.89. The molecule has 4 heteroatoms. The highest BCUT2D eigenvalue weighted by Gasteiger charge is 2.26. The topological polar surface area (TPSA) is 55.6 Å². The number of nitrogens with two attached hydrogens (primary N) is 1. The molecule has 1 saturated carbocycles. The molecule has 0 aromatic rings. The number of carbonyl (C=O) groups excluding carboxylic acids is 1. The van der Waals surface area contributed by atoms with E-state index < -0.39 is 0 Å². The van der Waals surface area contributed by atoms with Gasteiger partial charge in [0.05, 0.1) is 12.7 Å². The minimum absolute atomic E-state index is 0.309. The Morgan fingerprint density at radius 3 is 2.44 bits per heavy atom. The van der Waals surface area contributed by atoms with Gasteiger partial charge in [-0.15, -0.1) is 0 Å². The minimum atomic E-state index is 0.309. The quantitative estimate of drug-likeness (QED) is 0.809. The molecule has 0 unspecified atom stereocenters. The van der Waals surface area contributed by atoms with Gasteiger partial charge in [-0.25, -0.2) is 0 Å². The van der Waals surface area contributed by atoms with Gasteiger partial charge in [-0.2, -0.15) is 0 Å². The number of amides is 1. The molecule has 2 aliphatic rings. The average molecular weight is 254 g/mol. The van der Waals surface area contributed by atoms with Crippen LogP contribution in [-0.2, 0) is 9.53 Å². The van der Waals surface area contributed by atoms with Crippen LogP contribution in [0.5, 0.6) is 0 Å². The molecule has 2 rings (SSSR count). The molecule has 1 aliphatic heterocycles. The Balaban J connectivity index is 1.66. The molecular formula is C14H26N2O2. The van der Waals surface area contributed by atoms with Gasteiger partial charge in [-0.3, -0.25) is 4.79 Å². The first-order chi connectivity index (χ1) is 8.79. The molecule has 0 aromatic carbocycles. The van der Waals surface area contributed by atoms with E-state index in [0.717, 1.165) is 32.4 Å². The maximum absolute atomic E-state index is 12.1. The number of hydrogen-bond donors (Lipinski definition) is 1. The molecule has 0 atom stereocenters. The summed E-state index contributed by atoms with van der Waals surface area (Å²) in [7, 11) is 0. The predicted molar refractivity (Wildman–Crippen MR) is 71.2 cm³/mol. The zero-order valence-corrected chi connectivity index (χ0v) is 11.3. The van der Waals surface area contributed by atoms with Crippen LogP contribution < -0.4 is 5.73 Å². The standard InChI is InChI=1S/C14H26N2O2/c15-7-10-18-13-5-8-16(9-6-13)14(17)11-12-3-1-2-4-12/h12-13H,1-11,15H2. The number of nitrogens with zero attached hydrogens (tertiary/aromatic N) is 1. The van der Waals surface area contributed by atoms with Gasteiger partial charge in [0.2, 0.25) is 5.91 Å². The molecule has 0 aromatic heterocycles. The summed E-state index contributed by atoms with van der Waals surface area (Å²) in [6, 6.07) is 0. The lowest BCUT2D eigenvalue weighted by Crippen LogP contribution is -2.41. The SMILES string of the molecule is NCCOC1CCN(C(=O)CC2CCCC2)CC1. The van der Waals surface area contributed by atoms with Crippen LogP contribution in [-0.4, -0.2) is 43.2 Å². The molecule has 2 N–H and O–H groups in total. The van der Waals surface area contributed by atoms with E-state index >= 15 is 0 Å². The molecule has 0 radical (unpaired) electrons. The van der Waals surface area contributed by atoms with Crippen LogP contribution in [0.2, 0.25) is 0 Å². The van der Waals surface area contributed by atoms with E-state index in [1.54, 1.807) is 0 Å². The van der Waals surface area contributed by atoms with Crippen molar-refractivity contribution in [2.45, 2.75) is 51.0 Å². The van der Waals surface area contributed by atoms with E-state index in [2.05, 4.69) is 0 Å². The van der Waals surface area contributed by atoms with Crippen molar-refractivity contribution in [1.29, 1.82) is 0 Å². The highest BCUT2D eigenvalue weighted by atomic mass is 16.5. The summed E-state index contributed by atoms with van der Waals surface area (Å²) >= 11 is 0. The summed E-state index contributed by atoms with van der Waals surface area (Å²) in [5, 5.41) is 0. The highest BCUT2D eigenvalue weighted by Crippen LogP contribution is 2.28. The number of likely N-dealkylation sites (tertiary alicyclic amines) is 1. The molecule has 4 nitrogen and oxygen atoms in total. The Kier molecular flexibility index (Phi) is 5.45. The van der Waals surface area contributed by atoms with Crippen LogP contribution in [0.1, 0.15) is 44.9 Å². The van der Waals surface area contributed by atoms with Gasteiger partial charge < -0.3 is 15.4 Å². The van der Waals surface area contributed by atoms with E-state index in [-0.39, 0.29) is 0 Å². The van der Waals surface area contributed by atoms with Gasteiger partial charge >= 0.3 is 0 Å². The molecule has 0 spiro atoms. The monoisotopic (exact) mass is 254 g/mol. The smallest absolute Gasteiger partial charge is 0.222 e. The van der Waals surface area contributed by atoms with E-state index in [4.69, 9.17) is 10.5 Å². The lowest BCUT2D eigenvalue weighted by Gasteiger charge is -2.32. The summed E-state index contributed by atoms with van der Waals surface area (Å²) in [5.41, 5.74) is 5.42. The van der Waals surface area contributed by atoms with E-state index in [1.807, 2.05) is 4.90 Å². The second-order valence-electron chi connectivity index (χ2n) is 5.59. The first kappa shape index (κ1) is 13.8. The van der Waals surface area contributed by atoms with Gasteiger partial charge in [0, 0.05) is 26.1 Å². The first-order valence-electron chi connectivity index (χ1n) is 7.39. The fraction of sp³-hybridized carbons (Fsp3) is 0.929. The van der Waals surface area contributed by atoms with Gasteiger partial charge in [0.15, 0.2) is 0 Å². The second-order valence-corrected chi connectivity index (χ2v) is 5.59. The van der Waals surface area contributed by atoms with E-state index in [1.165, 1.54) is 25.7 Å². The maximum atomic E-state index is 12.1. The predicted octanol–water partition coefficient (Wildman–Crippen LogP) is 1.53. The number of carbonyl (C=O) groups is 1. The normalized spacial score (nSPS) is 22.6. The van der Waals surface area contributed by atoms with Crippen molar-refractivity contribution in [3.8, 4) is 0 Å². The Morgan fingerprint density at radius 1 is 1.17 bits per heavy atom. The number of rotatable bonds is 5. The minimum Gasteiger partial charge on any atom is -0.377 e. The fourth-order valence-corrected chi connectivity index (χ4v) is 3.10. The summed E-state index contributed by atoms with van der Waals surface area (Å²) in [6.45, 7) is 2.95. The van der Waals surface area contributed by atoms with Crippen LogP contribution in [0.3, 0.4) is 0 Å². The molecule has 104 valence electrons. The molecular weight excluding hydrogens is 228 g/mol. The molecule has 1 heterocycles. The third-order valence-electron chi connectivity index (χ3n) is 4.20. The van der Waals surface area contributed by atoms with Crippen LogP contribution in [0.25, 0.3) is 0 Å². The van der Waals surface area contributed by atoms with Crippen molar-refractivity contribution in [1.82, 2.24) is 4.90 Å². The summed E-state index contributed by atoms with van der Waals surface area (Å²) in [6.07, 6.45) is 8.15. The van der Waals surface area contributed by atoms with E-state index in [0.29, 0.717) is 31.1 Å². The van der Waals surface area contributed by atoms with Crippen molar-refractivity contribution in [3.05, 3.63) is 0 Å². The molecule has 1 amide bonds. The van der Waals surface area contributed by atoms with Crippen molar-refractivity contribution in [2.75, 3.05) is 26.2 Å². The van der Waals surface area contributed by atoms with Crippen molar-refractivity contribution in [2.24, 2.45) is 11.7 Å². The van der Waals surface area contributed by atoms with Crippen molar-refractivity contribution >= 4 is 5.91 Å². The van der Waals surface area contributed by atoms with Crippen molar-refractivity contribution < 1.29 is 9.53 Å². The largest absolute Gasteiger partial charge is 0.377 e. The van der Waals surface area contributed by atoms with Gasteiger partial charge in [0.1, 0.15) is 0 Å². The van der Waals surface area contributed by atoms with E-state index in [9.17, 15) is 4.79 Å². The number of ether oxygens (including phenoxy) is 1. The maximum Gasteiger partial charge on any atom is 0.222 e. The molecule has 1 saturated heterocycles. The third-order valence-corrected chi connectivity index (χ3v) is 4.20. The fourth-order valence-electron chi connectivity index (χ4n) is 3.10. The van der Waals surface area contributed by atoms with Gasteiger partial charge in [-0.1, -0.05) is 12.8 Å². The summed E-state index contributed by atoms with van der Waals surface area (Å²) in [4.78, 5) is 14.2. The Hall–Kier alpha value is -0.610. The van der Waals surface area contributed by atoms with Gasteiger partial charge in [0.25, 0.3) is 0 Å². The number of piperidine rings is 1. The summed E-state index contributed by atoms with van der Waals surface area (Å²) in [5.74, 6) is 1.02. The Morgan fingerprint density at radius 2 is 1.83 bits per heavy atom. The zero-order valence-electron chi connectivity index (χ0n) is 11.3. The van der Waals surface area contributed by atoms with Crippen LogP contribution in [0.4, 0.5) is 0 Å². The van der Waals surface area contributed by atoms with Crippen LogP contribution >= 0.6 is 0 Å². The van der Waals surface area contributed by atoms with Crippen molar-refractivity contribution in [3.63, 3.8) is 0 Å². The van der Waals surface area contributed by atoms with Crippen LogP contribution in [0, 0.1) is 5.92 Å².